The standard InChI is InChI=1S/C11H14ClN3O/c1-7-3-2-4-15(7)11(16)8-5-10(12)14-6-9(8)13/h5-7H,2-4,13H2,1H3. The van der Waals surface area contributed by atoms with Gasteiger partial charge in [-0.15, -0.1) is 0 Å². The lowest BCUT2D eigenvalue weighted by molar-refractivity contribution is 0.0748. The molecule has 1 aliphatic heterocycles. The number of hydrogen-bond acceptors (Lipinski definition) is 3. The molecule has 1 aliphatic rings. The van der Waals surface area contributed by atoms with Crippen LogP contribution in [0.2, 0.25) is 5.15 Å². The molecule has 0 spiro atoms. The molecule has 1 saturated heterocycles. The molecule has 0 saturated carbocycles. The quantitative estimate of drug-likeness (QED) is 0.762. The lowest BCUT2D eigenvalue weighted by Gasteiger charge is -2.22. The molecule has 4 nitrogen and oxygen atoms in total. The molecule has 2 rings (SSSR count). The molecule has 1 fully saturated rings. The van der Waals surface area contributed by atoms with Gasteiger partial charge in [0.15, 0.2) is 0 Å². The Morgan fingerprint density at radius 3 is 3.06 bits per heavy atom. The van der Waals surface area contributed by atoms with Crippen molar-refractivity contribution >= 4 is 23.2 Å². The third-order valence-electron chi connectivity index (χ3n) is 2.95. The highest BCUT2D eigenvalue weighted by Crippen LogP contribution is 2.23. The van der Waals surface area contributed by atoms with E-state index in [1.54, 1.807) is 0 Å². The zero-order chi connectivity index (χ0) is 11.7. The van der Waals surface area contributed by atoms with E-state index in [1.165, 1.54) is 12.3 Å². The Morgan fingerprint density at radius 1 is 1.69 bits per heavy atom. The number of halogens is 1. The normalized spacial score (nSPS) is 20.1. The highest BCUT2D eigenvalue weighted by Gasteiger charge is 2.27. The summed E-state index contributed by atoms with van der Waals surface area (Å²) in [7, 11) is 0. The van der Waals surface area contributed by atoms with Crippen LogP contribution in [0.5, 0.6) is 0 Å². The summed E-state index contributed by atoms with van der Waals surface area (Å²) in [5, 5.41) is 0.296. The van der Waals surface area contributed by atoms with Gasteiger partial charge in [-0.2, -0.15) is 0 Å². The van der Waals surface area contributed by atoms with E-state index in [-0.39, 0.29) is 11.9 Å². The molecule has 0 aromatic carbocycles. The number of rotatable bonds is 1. The molecule has 86 valence electrons. The molecule has 1 aromatic rings. The maximum Gasteiger partial charge on any atom is 0.256 e. The molecular weight excluding hydrogens is 226 g/mol. The summed E-state index contributed by atoms with van der Waals surface area (Å²) in [6.45, 7) is 2.84. The van der Waals surface area contributed by atoms with Crippen LogP contribution >= 0.6 is 11.6 Å². The summed E-state index contributed by atoms with van der Waals surface area (Å²) in [5.74, 6) is -0.0493. The Bertz CT molecular complexity index is 422. The van der Waals surface area contributed by atoms with Crippen molar-refractivity contribution in [2.75, 3.05) is 12.3 Å². The van der Waals surface area contributed by atoms with E-state index in [0.29, 0.717) is 16.4 Å². The summed E-state index contributed by atoms with van der Waals surface area (Å²) in [5.41, 5.74) is 6.57. The van der Waals surface area contributed by atoms with Crippen molar-refractivity contribution in [1.82, 2.24) is 9.88 Å². The first-order valence-electron chi connectivity index (χ1n) is 5.31. The van der Waals surface area contributed by atoms with E-state index < -0.39 is 0 Å². The summed E-state index contributed by atoms with van der Waals surface area (Å²) in [4.78, 5) is 17.9. The Hall–Kier alpha value is -1.29. The van der Waals surface area contributed by atoms with Gasteiger partial charge in [0.25, 0.3) is 5.91 Å². The van der Waals surface area contributed by atoms with Gasteiger partial charge in [0.05, 0.1) is 17.4 Å². The van der Waals surface area contributed by atoms with Crippen molar-refractivity contribution in [1.29, 1.82) is 0 Å². The third kappa shape index (κ3) is 1.97. The van der Waals surface area contributed by atoms with Crippen LogP contribution in [-0.2, 0) is 0 Å². The molecule has 2 N–H and O–H groups in total. The first-order chi connectivity index (χ1) is 7.59. The number of carbonyl (C=O) groups excluding carboxylic acids is 1. The van der Waals surface area contributed by atoms with Gasteiger partial charge in [-0.1, -0.05) is 11.6 Å². The molecule has 1 atom stereocenters. The molecule has 0 bridgehead atoms. The Morgan fingerprint density at radius 2 is 2.44 bits per heavy atom. The van der Waals surface area contributed by atoms with E-state index in [0.717, 1.165) is 19.4 Å². The van der Waals surface area contributed by atoms with Gasteiger partial charge in [0, 0.05) is 12.6 Å². The SMILES string of the molecule is CC1CCCN1C(=O)c1cc(Cl)ncc1N. The van der Waals surface area contributed by atoms with Crippen LogP contribution in [-0.4, -0.2) is 28.4 Å². The first-order valence-corrected chi connectivity index (χ1v) is 5.69. The number of anilines is 1. The average Bonchev–Trinajstić information content (AvgIpc) is 2.67. The smallest absolute Gasteiger partial charge is 0.256 e. The summed E-state index contributed by atoms with van der Waals surface area (Å²) in [6, 6.07) is 1.81. The fourth-order valence-corrected chi connectivity index (χ4v) is 2.17. The Labute approximate surface area is 99.4 Å². The van der Waals surface area contributed by atoms with Gasteiger partial charge in [-0.05, 0) is 25.8 Å². The minimum atomic E-state index is -0.0493. The summed E-state index contributed by atoms with van der Waals surface area (Å²) < 4.78 is 0. The molecule has 5 heteroatoms. The minimum absolute atomic E-state index is 0.0493. The van der Waals surface area contributed by atoms with Crippen LogP contribution in [0.1, 0.15) is 30.1 Å². The molecule has 16 heavy (non-hydrogen) atoms. The second-order valence-electron chi connectivity index (χ2n) is 4.08. The van der Waals surface area contributed by atoms with Crippen molar-refractivity contribution < 1.29 is 4.79 Å². The van der Waals surface area contributed by atoms with Crippen molar-refractivity contribution in [2.45, 2.75) is 25.8 Å². The lowest BCUT2D eigenvalue weighted by Crippen LogP contribution is -2.34. The minimum Gasteiger partial charge on any atom is -0.397 e. The fraction of sp³-hybridized carbons (Fsp3) is 0.455. The average molecular weight is 240 g/mol. The highest BCUT2D eigenvalue weighted by atomic mass is 35.5. The van der Waals surface area contributed by atoms with Crippen molar-refractivity contribution in [3.8, 4) is 0 Å². The fourth-order valence-electron chi connectivity index (χ4n) is 2.02. The van der Waals surface area contributed by atoms with E-state index in [9.17, 15) is 4.79 Å². The third-order valence-corrected chi connectivity index (χ3v) is 3.15. The maximum atomic E-state index is 12.2. The van der Waals surface area contributed by atoms with E-state index in [2.05, 4.69) is 4.98 Å². The van der Waals surface area contributed by atoms with Gasteiger partial charge >= 0.3 is 0 Å². The summed E-state index contributed by atoms with van der Waals surface area (Å²) >= 11 is 5.77. The number of nitrogen functional groups attached to an aromatic ring is 1. The van der Waals surface area contributed by atoms with E-state index >= 15 is 0 Å². The van der Waals surface area contributed by atoms with E-state index in [1.807, 2.05) is 11.8 Å². The van der Waals surface area contributed by atoms with Crippen LogP contribution in [0.25, 0.3) is 0 Å². The maximum absolute atomic E-state index is 12.2. The van der Waals surface area contributed by atoms with Gasteiger partial charge in [-0.3, -0.25) is 4.79 Å². The number of amides is 1. The topological polar surface area (TPSA) is 59.2 Å². The molecule has 2 heterocycles. The molecule has 1 amide bonds. The molecule has 0 radical (unpaired) electrons. The first kappa shape index (κ1) is 11.2. The second kappa shape index (κ2) is 4.29. The van der Waals surface area contributed by atoms with E-state index in [4.69, 9.17) is 17.3 Å². The largest absolute Gasteiger partial charge is 0.397 e. The predicted molar refractivity (Wildman–Crippen MR) is 63.4 cm³/mol. The van der Waals surface area contributed by atoms with Crippen LogP contribution in [0.15, 0.2) is 12.3 Å². The number of pyridine rings is 1. The zero-order valence-corrected chi connectivity index (χ0v) is 9.87. The second-order valence-corrected chi connectivity index (χ2v) is 4.47. The number of hydrogen-bond donors (Lipinski definition) is 1. The number of aromatic nitrogens is 1. The Kier molecular flexibility index (Phi) is 3.01. The predicted octanol–water partition coefficient (Wildman–Crippen LogP) is 1.94. The van der Waals surface area contributed by atoms with Crippen LogP contribution in [0.4, 0.5) is 5.69 Å². The molecular formula is C11H14ClN3O. The van der Waals surface area contributed by atoms with Gasteiger partial charge < -0.3 is 10.6 Å². The van der Waals surface area contributed by atoms with Crippen molar-refractivity contribution in [2.24, 2.45) is 0 Å². The van der Waals surface area contributed by atoms with Gasteiger partial charge in [-0.25, -0.2) is 4.98 Å². The zero-order valence-electron chi connectivity index (χ0n) is 9.11. The molecule has 0 aliphatic carbocycles. The number of nitrogens with zero attached hydrogens (tertiary/aromatic N) is 2. The van der Waals surface area contributed by atoms with Gasteiger partial charge in [0.2, 0.25) is 0 Å². The highest BCUT2D eigenvalue weighted by molar-refractivity contribution is 6.29. The Balaban J connectivity index is 2.29. The summed E-state index contributed by atoms with van der Waals surface area (Å²) in [6.07, 6.45) is 3.52. The molecule has 1 aromatic heterocycles. The number of likely N-dealkylation sites (tertiary alicyclic amines) is 1. The van der Waals surface area contributed by atoms with Crippen LogP contribution < -0.4 is 5.73 Å². The monoisotopic (exact) mass is 239 g/mol. The van der Waals surface area contributed by atoms with Crippen LogP contribution in [0, 0.1) is 0 Å². The number of carbonyl (C=O) groups is 1. The van der Waals surface area contributed by atoms with Crippen molar-refractivity contribution in [3.63, 3.8) is 0 Å². The molecule has 1 unspecified atom stereocenters. The van der Waals surface area contributed by atoms with Crippen LogP contribution in [0.3, 0.4) is 0 Å². The van der Waals surface area contributed by atoms with Gasteiger partial charge in [0.1, 0.15) is 5.15 Å². The lowest BCUT2D eigenvalue weighted by atomic mass is 10.2. The van der Waals surface area contributed by atoms with Crippen molar-refractivity contribution in [3.05, 3.63) is 23.0 Å². The number of nitrogens with two attached hydrogens (primary N) is 1.